The Kier molecular flexibility index (Phi) is 1.41. The SMILES string of the molecule is c1nc2ccc(-c3ccon3)cc2[nH]1. The average molecular weight is 185 g/mol. The van der Waals surface area contributed by atoms with Gasteiger partial charge in [0.1, 0.15) is 12.0 Å². The van der Waals surface area contributed by atoms with E-state index in [-0.39, 0.29) is 0 Å². The zero-order chi connectivity index (χ0) is 9.38. The molecule has 0 fully saturated rings. The van der Waals surface area contributed by atoms with Gasteiger partial charge < -0.3 is 9.51 Å². The van der Waals surface area contributed by atoms with E-state index in [1.165, 1.54) is 0 Å². The highest BCUT2D eigenvalue weighted by Gasteiger charge is 2.02. The number of hydrogen-bond donors (Lipinski definition) is 1. The summed E-state index contributed by atoms with van der Waals surface area (Å²) in [6.07, 6.45) is 3.24. The van der Waals surface area contributed by atoms with Crippen LogP contribution in [0.25, 0.3) is 22.3 Å². The second-order valence-corrected chi connectivity index (χ2v) is 3.02. The minimum Gasteiger partial charge on any atom is -0.364 e. The number of imidazole rings is 1. The maximum Gasteiger partial charge on any atom is 0.124 e. The fourth-order valence-electron chi connectivity index (χ4n) is 1.46. The molecule has 1 N–H and O–H groups in total. The summed E-state index contributed by atoms with van der Waals surface area (Å²) in [5.41, 5.74) is 3.82. The maximum atomic E-state index is 4.79. The molecule has 68 valence electrons. The first kappa shape index (κ1) is 7.32. The minimum absolute atomic E-state index is 0.835. The molecule has 0 unspecified atom stereocenters. The summed E-state index contributed by atoms with van der Waals surface area (Å²) in [5.74, 6) is 0. The minimum atomic E-state index is 0.835. The normalized spacial score (nSPS) is 10.9. The van der Waals surface area contributed by atoms with Crippen LogP contribution in [0.1, 0.15) is 0 Å². The molecule has 1 aromatic carbocycles. The maximum absolute atomic E-state index is 4.79. The van der Waals surface area contributed by atoms with Crippen LogP contribution >= 0.6 is 0 Å². The molecule has 0 aliphatic carbocycles. The summed E-state index contributed by atoms with van der Waals surface area (Å²) in [7, 11) is 0. The molecule has 3 aromatic rings. The van der Waals surface area contributed by atoms with Gasteiger partial charge in [0, 0.05) is 11.6 Å². The van der Waals surface area contributed by atoms with E-state index in [1.807, 2.05) is 24.3 Å². The van der Waals surface area contributed by atoms with Crippen molar-refractivity contribution in [2.24, 2.45) is 0 Å². The lowest BCUT2D eigenvalue weighted by Crippen LogP contribution is -1.77. The highest BCUT2D eigenvalue weighted by Crippen LogP contribution is 2.20. The van der Waals surface area contributed by atoms with Gasteiger partial charge in [0.2, 0.25) is 0 Å². The second kappa shape index (κ2) is 2.70. The van der Waals surface area contributed by atoms with Crippen molar-refractivity contribution >= 4 is 11.0 Å². The van der Waals surface area contributed by atoms with Crippen molar-refractivity contribution in [2.75, 3.05) is 0 Å². The predicted molar refractivity (Wildman–Crippen MR) is 51.6 cm³/mol. The molecule has 0 radical (unpaired) electrons. The Morgan fingerprint density at radius 2 is 2.21 bits per heavy atom. The first-order valence-corrected chi connectivity index (χ1v) is 4.27. The van der Waals surface area contributed by atoms with E-state index in [1.54, 1.807) is 12.6 Å². The molecule has 0 saturated carbocycles. The molecule has 4 nitrogen and oxygen atoms in total. The number of nitrogens with zero attached hydrogens (tertiary/aromatic N) is 2. The van der Waals surface area contributed by atoms with Crippen LogP contribution in [0.2, 0.25) is 0 Å². The second-order valence-electron chi connectivity index (χ2n) is 3.02. The number of rotatable bonds is 1. The van der Waals surface area contributed by atoms with Crippen LogP contribution in [0.15, 0.2) is 41.4 Å². The Labute approximate surface area is 79.6 Å². The van der Waals surface area contributed by atoms with E-state index < -0.39 is 0 Å². The summed E-state index contributed by atoms with van der Waals surface area (Å²) in [6, 6.07) is 7.76. The van der Waals surface area contributed by atoms with Gasteiger partial charge in [-0.05, 0) is 12.1 Å². The Bertz CT molecular complexity index is 554. The van der Waals surface area contributed by atoms with E-state index in [0.717, 1.165) is 22.3 Å². The van der Waals surface area contributed by atoms with Crippen molar-refractivity contribution in [2.45, 2.75) is 0 Å². The van der Waals surface area contributed by atoms with Crippen molar-refractivity contribution < 1.29 is 4.52 Å². The number of H-pyrrole nitrogens is 1. The lowest BCUT2D eigenvalue weighted by Gasteiger charge is -1.94. The number of hydrogen-bond acceptors (Lipinski definition) is 3. The summed E-state index contributed by atoms with van der Waals surface area (Å²) in [5, 5.41) is 3.87. The molecule has 0 bridgehead atoms. The van der Waals surface area contributed by atoms with Gasteiger partial charge in [0.05, 0.1) is 17.4 Å². The monoisotopic (exact) mass is 185 g/mol. The van der Waals surface area contributed by atoms with Crippen molar-refractivity contribution in [1.82, 2.24) is 15.1 Å². The third-order valence-corrected chi connectivity index (χ3v) is 2.15. The van der Waals surface area contributed by atoms with Crippen LogP contribution in [-0.4, -0.2) is 15.1 Å². The van der Waals surface area contributed by atoms with Crippen LogP contribution < -0.4 is 0 Å². The molecule has 0 atom stereocenters. The summed E-state index contributed by atoms with van der Waals surface area (Å²) in [4.78, 5) is 7.19. The van der Waals surface area contributed by atoms with Gasteiger partial charge >= 0.3 is 0 Å². The predicted octanol–water partition coefficient (Wildman–Crippen LogP) is 2.22. The van der Waals surface area contributed by atoms with Crippen LogP contribution in [0.5, 0.6) is 0 Å². The van der Waals surface area contributed by atoms with Gasteiger partial charge in [-0.3, -0.25) is 0 Å². The molecule has 0 aliphatic rings. The molecule has 2 heterocycles. The lowest BCUT2D eigenvalue weighted by atomic mass is 10.1. The molecular weight excluding hydrogens is 178 g/mol. The van der Waals surface area contributed by atoms with Gasteiger partial charge in [-0.1, -0.05) is 11.2 Å². The van der Waals surface area contributed by atoms with E-state index in [9.17, 15) is 0 Å². The first-order valence-electron chi connectivity index (χ1n) is 4.27. The van der Waals surface area contributed by atoms with E-state index in [4.69, 9.17) is 4.52 Å². The van der Waals surface area contributed by atoms with E-state index in [0.29, 0.717) is 0 Å². The zero-order valence-electron chi connectivity index (χ0n) is 7.27. The summed E-state index contributed by atoms with van der Waals surface area (Å²) < 4.78 is 4.79. The van der Waals surface area contributed by atoms with Gasteiger partial charge in [0.15, 0.2) is 0 Å². The van der Waals surface area contributed by atoms with Gasteiger partial charge in [-0.15, -0.1) is 0 Å². The average Bonchev–Trinajstić information content (AvgIpc) is 2.88. The van der Waals surface area contributed by atoms with E-state index in [2.05, 4.69) is 15.1 Å². The van der Waals surface area contributed by atoms with Gasteiger partial charge in [-0.25, -0.2) is 4.98 Å². The zero-order valence-corrected chi connectivity index (χ0v) is 7.27. The number of benzene rings is 1. The molecule has 4 heteroatoms. The Balaban J connectivity index is 2.23. The third kappa shape index (κ3) is 1.01. The Morgan fingerprint density at radius 3 is 3.07 bits per heavy atom. The van der Waals surface area contributed by atoms with Crippen molar-refractivity contribution in [3.05, 3.63) is 36.9 Å². The number of fused-ring (bicyclic) bond motifs is 1. The number of aromatic amines is 1. The quantitative estimate of drug-likeness (QED) is 0.632. The molecule has 3 rings (SSSR count). The highest BCUT2D eigenvalue weighted by molar-refractivity contribution is 5.80. The molecule has 0 amide bonds. The largest absolute Gasteiger partial charge is 0.364 e. The molecule has 0 spiro atoms. The fourth-order valence-corrected chi connectivity index (χ4v) is 1.46. The van der Waals surface area contributed by atoms with Crippen LogP contribution in [0, 0.1) is 0 Å². The fraction of sp³-hybridized carbons (Fsp3) is 0. The van der Waals surface area contributed by atoms with Gasteiger partial charge in [0.25, 0.3) is 0 Å². The summed E-state index contributed by atoms with van der Waals surface area (Å²) in [6.45, 7) is 0. The molecule has 0 aliphatic heterocycles. The Hall–Kier alpha value is -2.10. The molecular formula is C10H7N3O. The van der Waals surface area contributed by atoms with Crippen molar-refractivity contribution in [3.63, 3.8) is 0 Å². The Morgan fingerprint density at radius 1 is 1.21 bits per heavy atom. The smallest absolute Gasteiger partial charge is 0.124 e. The molecule has 2 aromatic heterocycles. The topological polar surface area (TPSA) is 54.7 Å². The lowest BCUT2D eigenvalue weighted by molar-refractivity contribution is 0.422. The van der Waals surface area contributed by atoms with Crippen molar-refractivity contribution in [1.29, 1.82) is 0 Å². The van der Waals surface area contributed by atoms with Gasteiger partial charge in [-0.2, -0.15) is 0 Å². The molecule has 0 saturated heterocycles. The third-order valence-electron chi connectivity index (χ3n) is 2.15. The molecule has 14 heavy (non-hydrogen) atoms. The number of aromatic nitrogens is 3. The van der Waals surface area contributed by atoms with E-state index >= 15 is 0 Å². The van der Waals surface area contributed by atoms with Crippen LogP contribution in [0.4, 0.5) is 0 Å². The highest BCUT2D eigenvalue weighted by atomic mass is 16.5. The standard InChI is InChI=1S/C10H7N3O/c1-2-9-10(12-6-11-9)5-7(1)8-3-4-14-13-8/h1-6H,(H,11,12). The van der Waals surface area contributed by atoms with Crippen LogP contribution in [0.3, 0.4) is 0 Å². The van der Waals surface area contributed by atoms with Crippen LogP contribution in [-0.2, 0) is 0 Å². The number of nitrogens with one attached hydrogen (secondary N) is 1. The first-order chi connectivity index (χ1) is 6.93. The van der Waals surface area contributed by atoms with Crippen molar-refractivity contribution in [3.8, 4) is 11.3 Å². The summed E-state index contributed by atoms with van der Waals surface area (Å²) >= 11 is 0.